The number of ketones is 1. The Morgan fingerprint density at radius 2 is 2.00 bits per heavy atom. The average molecular weight is 220 g/mol. The summed E-state index contributed by atoms with van der Waals surface area (Å²) >= 11 is 0. The Labute approximate surface area is 97.6 Å². The predicted octanol–water partition coefficient (Wildman–Crippen LogP) is 3.16. The predicted molar refractivity (Wildman–Crippen MR) is 65.9 cm³/mol. The minimum absolute atomic E-state index is 0.202. The van der Waals surface area contributed by atoms with E-state index in [1.807, 2.05) is 32.0 Å². The monoisotopic (exact) mass is 220 g/mol. The second-order valence-electron chi connectivity index (χ2n) is 4.49. The Balaban J connectivity index is 2.69. The third kappa shape index (κ3) is 3.46. The van der Waals surface area contributed by atoms with Gasteiger partial charge in [0, 0.05) is 25.7 Å². The molecule has 0 aromatic heterocycles. The third-order valence-electron chi connectivity index (χ3n) is 2.81. The molecule has 0 saturated heterocycles. The van der Waals surface area contributed by atoms with Crippen LogP contribution in [0.4, 0.5) is 0 Å². The van der Waals surface area contributed by atoms with Gasteiger partial charge in [-0.3, -0.25) is 4.79 Å². The van der Waals surface area contributed by atoms with E-state index in [2.05, 4.69) is 6.92 Å². The second-order valence-corrected chi connectivity index (χ2v) is 4.49. The number of benzene rings is 1. The maximum atomic E-state index is 11.9. The molecule has 2 nitrogen and oxygen atoms in total. The van der Waals surface area contributed by atoms with Crippen molar-refractivity contribution in [2.45, 2.75) is 27.2 Å². The van der Waals surface area contributed by atoms with Crippen molar-refractivity contribution in [3.63, 3.8) is 0 Å². The van der Waals surface area contributed by atoms with Gasteiger partial charge in [-0.2, -0.15) is 0 Å². The lowest BCUT2D eigenvalue weighted by Gasteiger charge is -2.10. The summed E-state index contributed by atoms with van der Waals surface area (Å²) in [5.74, 6) is 0.478. The molecule has 0 fully saturated rings. The van der Waals surface area contributed by atoms with Gasteiger partial charge in [0.15, 0.2) is 5.78 Å². The number of rotatable bonds is 5. The van der Waals surface area contributed by atoms with Crippen molar-refractivity contribution < 1.29 is 9.53 Å². The number of carbonyl (C=O) groups excluding carboxylic acids is 1. The summed E-state index contributed by atoms with van der Waals surface area (Å²) in [6.07, 6.45) is 0.552. The highest BCUT2D eigenvalue weighted by Gasteiger charge is 2.11. The SMILES string of the molecule is COCC(C)CC(=O)c1ccc(C)c(C)c1. The average Bonchev–Trinajstić information content (AvgIpc) is 2.22. The third-order valence-corrected chi connectivity index (χ3v) is 2.81. The molecule has 0 aliphatic rings. The fraction of sp³-hybridized carbons (Fsp3) is 0.500. The molecule has 1 aromatic carbocycles. The Hall–Kier alpha value is -1.15. The van der Waals surface area contributed by atoms with Crippen LogP contribution in [0.15, 0.2) is 18.2 Å². The highest BCUT2D eigenvalue weighted by atomic mass is 16.5. The molecule has 0 amide bonds. The van der Waals surface area contributed by atoms with Gasteiger partial charge in [-0.15, -0.1) is 0 Å². The van der Waals surface area contributed by atoms with E-state index in [9.17, 15) is 4.79 Å². The molecule has 0 spiro atoms. The van der Waals surface area contributed by atoms with E-state index in [4.69, 9.17) is 4.74 Å². The molecule has 88 valence electrons. The molecule has 0 radical (unpaired) electrons. The van der Waals surface area contributed by atoms with Crippen LogP contribution in [0.1, 0.15) is 34.8 Å². The first-order valence-electron chi connectivity index (χ1n) is 5.64. The van der Waals surface area contributed by atoms with E-state index >= 15 is 0 Å². The van der Waals surface area contributed by atoms with Gasteiger partial charge in [-0.1, -0.05) is 19.1 Å². The number of carbonyl (C=O) groups is 1. The Bertz CT molecular complexity index is 369. The Morgan fingerprint density at radius 1 is 1.31 bits per heavy atom. The van der Waals surface area contributed by atoms with Gasteiger partial charge in [0.1, 0.15) is 0 Å². The van der Waals surface area contributed by atoms with E-state index in [0.717, 1.165) is 5.56 Å². The van der Waals surface area contributed by atoms with Gasteiger partial charge >= 0.3 is 0 Å². The van der Waals surface area contributed by atoms with E-state index in [-0.39, 0.29) is 11.7 Å². The van der Waals surface area contributed by atoms with Crippen LogP contribution in [0.3, 0.4) is 0 Å². The molecule has 16 heavy (non-hydrogen) atoms. The molecule has 0 heterocycles. The molecule has 2 heteroatoms. The first-order valence-corrected chi connectivity index (χ1v) is 5.64. The number of hydrogen-bond acceptors (Lipinski definition) is 2. The number of aryl methyl sites for hydroxylation is 2. The molecule has 1 rings (SSSR count). The minimum atomic E-state index is 0.202. The first kappa shape index (κ1) is 12.9. The second kappa shape index (κ2) is 5.80. The van der Waals surface area contributed by atoms with Crippen molar-refractivity contribution in [3.05, 3.63) is 34.9 Å². The van der Waals surface area contributed by atoms with Crippen molar-refractivity contribution in [3.8, 4) is 0 Å². The Kier molecular flexibility index (Phi) is 4.69. The van der Waals surface area contributed by atoms with Crippen molar-refractivity contribution in [2.24, 2.45) is 5.92 Å². The lowest BCUT2D eigenvalue weighted by Crippen LogP contribution is -2.11. The van der Waals surface area contributed by atoms with Crippen molar-refractivity contribution in [2.75, 3.05) is 13.7 Å². The van der Waals surface area contributed by atoms with E-state index in [0.29, 0.717) is 13.0 Å². The number of Topliss-reactive ketones (excluding diaryl/α,β-unsaturated/α-hetero) is 1. The van der Waals surface area contributed by atoms with Crippen LogP contribution < -0.4 is 0 Å². The van der Waals surface area contributed by atoms with Crippen LogP contribution in [-0.2, 0) is 4.74 Å². The maximum Gasteiger partial charge on any atom is 0.163 e. The fourth-order valence-electron chi connectivity index (χ4n) is 1.69. The zero-order valence-corrected chi connectivity index (χ0v) is 10.5. The van der Waals surface area contributed by atoms with Crippen LogP contribution in [0, 0.1) is 19.8 Å². The van der Waals surface area contributed by atoms with Gasteiger partial charge in [0.2, 0.25) is 0 Å². The van der Waals surface area contributed by atoms with E-state index in [1.165, 1.54) is 11.1 Å². The Morgan fingerprint density at radius 3 is 2.56 bits per heavy atom. The summed E-state index contributed by atoms with van der Waals surface area (Å²) in [7, 11) is 1.66. The molecule has 1 atom stereocenters. The molecule has 0 aliphatic carbocycles. The smallest absolute Gasteiger partial charge is 0.163 e. The maximum absolute atomic E-state index is 11.9. The summed E-state index contributed by atoms with van der Waals surface area (Å²) in [6.45, 7) is 6.75. The van der Waals surface area contributed by atoms with Gasteiger partial charge in [0.25, 0.3) is 0 Å². The number of methoxy groups -OCH3 is 1. The van der Waals surface area contributed by atoms with Gasteiger partial charge in [0.05, 0.1) is 0 Å². The van der Waals surface area contributed by atoms with E-state index < -0.39 is 0 Å². The standard InChI is InChI=1S/C14H20O2/c1-10(9-16-4)7-14(15)13-6-5-11(2)12(3)8-13/h5-6,8,10H,7,9H2,1-4H3. The van der Waals surface area contributed by atoms with Crippen LogP contribution in [0.5, 0.6) is 0 Å². The molecule has 0 aliphatic heterocycles. The number of ether oxygens (including phenoxy) is 1. The fourth-order valence-corrected chi connectivity index (χ4v) is 1.69. The molecule has 0 N–H and O–H groups in total. The van der Waals surface area contributed by atoms with Gasteiger partial charge in [-0.05, 0) is 37.0 Å². The van der Waals surface area contributed by atoms with Crippen molar-refractivity contribution >= 4 is 5.78 Å². The lowest BCUT2D eigenvalue weighted by molar-refractivity contribution is 0.0920. The molecule has 1 aromatic rings. The molecule has 0 bridgehead atoms. The van der Waals surface area contributed by atoms with Crippen LogP contribution in [0.2, 0.25) is 0 Å². The molecular weight excluding hydrogens is 200 g/mol. The normalized spacial score (nSPS) is 12.5. The molecule has 1 unspecified atom stereocenters. The largest absolute Gasteiger partial charge is 0.384 e. The summed E-state index contributed by atoms with van der Waals surface area (Å²) < 4.78 is 5.03. The zero-order chi connectivity index (χ0) is 12.1. The molecule has 0 saturated carbocycles. The van der Waals surface area contributed by atoms with Crippen LogP contribution >= 0.6 is 0 Å². The minimum Gasteiger partial charge on any atom is -0.384 e. The van der Waals surface area contributed by atoms with Crippen molar-refractivity contribution in [1.82, 2.24) is 0 Å². The quantitative estimate of drug-likeness (QED) is 0.712. The van der Waals surface area contributed by atoms with Crippen LogP contribution in [-0.4, -0.2) is 19.5 Å². The lowest BCUT2D eigenvalue weighted by atomic mass is 9.97. The first-order chi connectivity index (χ1) is 7.54. The van der Waals surface area contributed by atoms with Crippen molar-refractivity contribution in [1.29, 1.82) is 0 Å². The van der Waals surface area contributed by atoms with Gasteiger partial charge in [-0.25, -0.2) is 0 Å². The highest BCUT2D eigenvalue weighted by Crippen LogP contribution is 2.14. The van der Waals surface area contributed by atoms with Gasteiger partial charge < -0.3 is 4.74 Å². The molecular formula is C14H20O2. The van der Waals surface area contributed by atoms with E-state index in [1.54, 1.807) is 7.11 Å². The summed E-state index contributed by atoms with van der Waals surface area (Å²) in [5, 5.41) is 0. The summed E-state index contributed by atoms with van der Waals surface area (Å²) in [4.78, 5) is 11.9. The topological polar surface area (TPSA) is 26.3 Å². The summed E-state index contributed by atoms with van der Waals surface area (Å²) in [5.41, 5.74) is 3.21. The highest BCUT2D eigenvalue weighted by molar-refractivity contribution is 5.96. The number of hydrogen-bond donors (Lipinski definition) is 0. The zero-order valence-electron chi connectivity index (χ0n) is 10.5. The summed E-state index contributed by atoms with van der Waals surface area (Å²) in [6, 6.07) is 5.88. The van der Waals surface area contributed by atoms with Crippen LogP contribution in [0.25, 0.3) is 0 Å².